The molecule has 1 aromatic carbocycles. The van der Waals surface area contributed by atoms with Crippen LogP contribution in [0.25, 0.3) is 0 Å². The number of esters is 1. The Hall–Kier alpha value is -1.64. The predicted molar refractivity (Wildman–Crippen MR) is 54.6 cm³/mol. The molecule has 0 heterocycles. The van der Waals surface area contributed by atoms with Gasteiger partial charge < -0.3 is 4.74 Å². The fourth-order valence-corrected chi connectivity index (χ4v) is 1.87. The van der Waals surface area contributed by atoms with E-state index in [1.165, 1.54) is 0 Å². The maximum atomic E-state index is 11.8. The molecule has 1 aromatic rings. The molecule has 15 heavy (non-hydrogen) atoms. The second kappa shape index (κ2) is 3.85. The Balaban J connectivity index is 2.24. The summed E-state index contributed by atoms with van der Waals surface area (Å²) in [5, 5.41) is 0. The summed E-state index contributed by atoms with van der Waals surface area (Å²) in [6.45, 7) is 2.06. The van der Waals surface area contributed by atoms with Gasteiger partial charge in [0.05, 0.1) is 6.61 Å². The lowest BCUT2D eigenvalue weighted by atomic mass is 10.1. The van der Waals surface area contributed by atoms with Crippen LogP contribution in [0.3, 0.4) is 0 Å². The lowest BCUT2D eigenvalue weighted by Gasteiger charge is -2.05. The van der Waals surface area contributed by atoms with Crippen molar-refractivity contribution >= 4 is 11.8 Å². The quantitative estimate of drug-likeness (QED) is 0.543. The smallest absolute Gasteiger partial charge is 0.317 e. The Morgan fingerprint density at radius 1 is 1.47 bits per heavy atom. The highest BCUT2D eigenvalue weighted by molar-refractivity contribution is 6.12. The average Bonchev–Trinajstić information content (AvgIpc) is 2.57. The first-order valence-electron chi connectivity index (χ1n) is 5.02. The lowest BCUT2D eigenvalue weighted by Crippen LogP contribution is -2.23. The normalized spacial score (nSPS) is 18.7. The summed E-state index contributed by atoms with van der Waals surface area (Å²) in [4.78, 5) is 23.3. The zero-order valence-electron chi connectivity index (χ0n) is 8.53. The Kier molecular flexibility index (Phi) is 2.54. The minimum absolute atomic E-state index is 0.107. The number of ketones is 1. The molecule has 1 aliphatic rings. The van der Waals surface area contributed by atoms with E-state index in [2.05, 4.69) is 0 Å². The molecule has 1 aliphatic carbocycles. The van der Waals surface area contributed by atoms with Crippen LogP contribution in [0, 0.1) is 5.92 Å². The van der Waals surface area contributed by atoms with Gasteiger partial charge in [0.1, 0.15) is 5.92 Å². The van der Waals surface area contributed by atoms with E-state index in [1.54, 1.807) is 13.0 Å². The van der Waals surface area contributed by atoms with Crippen LogP contribution in [0.4, 0.5) is 0 Å². The summed E-state index contributed by atoms with van der Waals surface area (Å²) in [6, 6.07) is 7.33. The van der Waals surface area contributed by atoms with Gasteiger partial charge in [-0.15, -0.1) is 0 Å². The van der Waals surface area contributed by atoms with Crippen LogP contribution < -0.4 is 0 Å². The molecule has 0 N–H and O–H groups in total. The first-order valence-corrected chi connectivity index (χ1v) is 5.02. The van der Waals surface area contributed by atoms with Gasteiger partial charge in [0.25, 0.3) is 0 Å². The summed E-state index contributed by atoms with van der Waals surface area (Å²) in [7, 11) is 0. The van der Waals surface area contributed by atoms with Crippen molar-refractivity contribution in [3.8, 4) is 0 Å². The topological polar surface area (TPSA) is 43.4 Å². The molecule has 0 saturated heterocycles. The van der Waals surface area contributed by atoms with Gasteiger partial charge in [-0.2, -0.15) is 0 Å². The lowest BCUT2D eigenvalue weighted by molar-refractivity contribution is -0.145. The minimum atomic E-state index is -0.623. The van der Waals surface area contributed by atoms with E-state index in [0.717, 1.165) is 5.56 Å². The molecule has 1 atom stereocenters. The number of fused-ring (bicyclic) bond motifs is 1. The minimum Gasteiger partial charge on any atom is -0.465 e. The summed E-state index contributed by atoms with van der Waals surface area (Å²) in [5.41, 5.74) is 1.61. The maximum Gasteiger partial charge on any atom is 0.317 e. The van der Waals surface area contributed by atoms with Crippen molar-refractivity contribution in [2.24, 2.45) is 5.92 Å². The van der Waals surface area contributed by atoms with E-state index < -0.39 is 11.9 Å². The van der Waals surface area contributed by atoms with Gasteiger partial charge in [0, 0.05) is 5.56 Å². The monoisotopic (exact) mass is 204 g/mol. The number of hydrogen-bond acceptors (Lipinski definition) is 3. The van der Waals surface area contributed by atoms with Crippen LogP contribution in [-0.4, -0.2) is 18.4 Å². The summed E-state index contributed by atoms with van der Waals surface area (Å²) in [5.74, 6) is -1.13. The van der Waals surface area contributed by atoms with Gasteiger partial charge in [-0.05, 0) is 18.9 Å². The highest BCUT2D eigenvalue weighted by atomic mass is 16.5. The van der Waals surface area contributed by atoms with Gasteiger partial charge in [-0.1, -0.05) is 24.3 Å². The van der Waals surface area contributed by atoms with Crippen molar-refractivity contribution in [3.05, 3.63) is 35.4 Å². The van der Waals surface area contributed by atoms with E-state index in [0.29, 0.717) is 18.6 Å². The molecule has 2 rings (SSSR count). The van der Waals surface area contributed by atoms with E-state index in [-0.39, 0.29) is 5.78 Å². The summed E-state index contributed by atoms with van der Waals surface area (Å²) >= 11 is 0. The van der Waals surface area contributed by atoms with Gasteiger partial charge >= 0.3 is 5.97 Å². The number of Topliss-reactive ketones (excluding diaryl/α,β-unsaturated/α-hetero) is 1. The molecule has 0 amide bonds. The first-order chi connectivity index (χ1) is 7.24. The van der Waals surface area contributed by atoms with E-state index in [9.17, 15) is 9.59 Å². The fraction of sp³-hybridized carbons (Fsp3) is 0.333. The SMILES string of the molecule is CCOC(=O)C1Cc2ccccc2C1=O. The van der Waals surface area contributed by atoms with Crippen molar-refractivity contribution in [1.29, 1.82) is 0 Å². The van der Waals surface area contributed by atoms with Crippen molar-refractivity contribution in [1.82, 2.24) is 0 Å². The van der Waals surface area contributed by atoms with Crippen molar-refractivity contribution in [3.63, 3.8) is 0 Å². The highest BCUT2D eigenvalue weighted by Gasteiger charge is 2.36. The molecule has 1 unspecified atom stereocenters. The van der Waals surface area contributed by atoms with Crippen molar-refractivity contribution in [2.75, 3.05) is 6.61 Å². The molecule has 3 nitrogen and oxygen atoms in total. The predicted octanol–water partition coefficient (Wildman–Crippen LogP) is 1.60. The number of rotatable bonds is 2. The molecule has 0 saturated carbocycles. The van der Waals surface area contributed by atoms with Gasteiger partial charge in [-0.3, -0.25) is 9.59 Å². The van der Waals surface area contributed by atoms with E-state index >= 15 is 0 Å². The Bertz CT molecular complexity index is 409. The third-order valence-corrected chi connectivity index (χ3v) is 2.59. The fourth-order valence-electron chi connectivity index (χ4n) is 1.87. The average molecular weight is 204 g/mol. The van der Waals surface area contributed by atoms with Crippen LogP contribution in [0.1, 0.15) is 22.8 Å². The van der Waals surface area contributed by atoms with Gasteiger partial charge in [0.2, 0.25) is 0 Å². The van der Waals surface area contributed by atoms with Crippen LogP contribution in [0.15, 0.2) is 24.3 Å². The number of carbonyl (C=O) groups is 2. The Labute approximate surface area is 88.1 Å². The molecule has 0 aromatic heterocycles. The molecule has 0 fully saturated rings. The highest BCUT2D eigenvalue weighted by Crippen LogP contribution is 2.27. The van der Waals surface area contributed by atoms with Gasteiger partial charge in [0.15, 0.2) is 5.78 Å². The van der Waals surface area contributed by atoms with Crippen molar-refractivity contribution < 1.29 is 14.3 Å². The third-order valence-electron chi connectivity index (χ3n) is 2.59. The molecule has 0 spiro atoms. The van der Waals surface area contributed by atoms with Crippen molar-refractivity contribution in [2.45, 2.75) is 13.3 Å². The van der Waals surface area contributed by atoms with Crippen LogP contribution in [0.5, 0.6) is 0 Å². The maximum absolute atomic E-state index is 11.8. The second-order valence-corrected chi connectivity index (χ2v) is 3.53. The third kappa shape index (κ3) is 1.65. The van der Waals surface area contributed by atoms with E-state index in [1.807, 2.05) is 18.2 Å². The zero-order valence-corrected chi connectivity index (χ0v) is 8.53. The van der Waals surface area contributed by atoms with Crippen LogP contribution >= 0.6 is 0 Å². The number of hydrogen-bond donors (Lipinski definition) is 0. The molecular weight excluding hydrogens is 192 g/mol. The molecular formula is C12H12O3. The standard InChI is InChI=1S/C12H12O3/c1-2-15-12(14)10-7-8-5-3-4-6-9(8)11(10)13/h3-6,10H,2,7H2,1H3. The second-order valence-electron chi connectivity index (χ2n) is 3.53. The molecule has 3 heteroatoms. The molecule has 0 radical (unpaired) electrons. The number of ether oxygens (including phenoxy) is 1. The number of benzene rings is 1. The van der Waals surface area contributed by atoms with E-state index in [4.69, 9.17) is 4.74 Å². The Morgan fingerprint density at radius 3 is 2.87 bits per heavy atom. The molecule has 0 aliphatic heterocycles. The summed E-state index contributed by atoms with van der Waals surface area (Å²) < 4.78 is 4.87. The molecule has 0 bridgehead atoms. The largest absolute Gasteiger partial charge is 0.465 e. The van der Waals surface area contributed by atoms with Crippen LogP contribution in [-0.2, 0) is 16.0 Å². The summed E-state index contributed by atoms with van der Waals surface area (Å²) in [6.07, 6.45) is 0.480. The Morgan fingerprint density at radius 2 is 2.20 bits per heavy atom. The number of carbonyl (C=O) groups excluding carboxylic acids is 2. The van der Waals surface area contributed by atoms with Crippen LogP contribution in [0.2, 0.25) is 0 Å². The van der Waals surface area contributed by atoms with Gasteiger partial charge in [-0.25, -0.2) is 0 Å². The first kappa shape index (κ1) is 9.90. The zero-order chi connectivity index (χ0) is 10.8. The molecule has 78 valence electrons.